The van der Waals surface area contributed by atoms with Crippen molar-refractivity contribution in [3.63, 3.8) is 0 Å². The lowest BCUT2D eigenvalue weighted by molar-refractivity contribution is -0.139. The molecule has 0 aromatic rings. The molecule has 0 saturated carbocycles. The number of rotatable bonds is 3. The lowest BCUT2D eigenvalue weighted by Gasteiger charge is -2.30. The molecule has 0 radical (unpaired) electrons. The zero-order valence-electron chi connectivity index (χ0n) is 7.45. The smallest absolute Gasteiger partial charge is 0.243 e. The molecule has 1 atom stereocenters. The van der Waals surface area contributed by atoms with Crippen LogP contribution in [0.25, 0.3) is 0 Å². The van der Waals surface area contributed by atoms with Gasteiger partial charge < -0.3 is 4.84 Å². The van der Waals surface area contributed by atoms with Crippen molar-refractivity contribution < 1.29 is 14.4 Å². The van der Waals surface area contributed by atoms with Crippen LogP contribution in [0.4, 0.5) is 0 Å². The average Bonchev–Trinajstić information content (AvgIpc) is 2.09. The van der Waals surface area contributed by atoms with Gasteiger partial charge in [-0.15, -0.1) is 0 Å². The first kappa shape index (κ1) is 10.1. The van der Waals surface area contributed by atoms with E-state index in [0.29, 0.717) is 13.2 Å². The summed E-state index contributed by atoms with van der Waals surface area (Å²) in [6, 6.07) is -0.298. The van der Waals surface area contributed by atoms with Crippen LogP contribution >= 0.6 is 0 Å². The molecule has 1 saturated heterocycles. The van der Waals surface area contributed by atoms with Gasteiger partial charge in [0.05, 0.1) is 19.2 Å². The second kappa shape index (κ2) is 4.31. The van der Waals surface area contributed by atoms with Crippen LogP contribution in [-0.2, 0) is 14.4 Å². The predicted molar refractivity (Wildman–Crippen MR) is 44.3 cm³/mol. The second-order valence-corrected chi connectivity index (χ2v) is 2.93. The summed E-state index contributed by atoms with van der Waals surface area (Å²) in [6.07, 6.45) is 0. The van der Waals surface area contributed by atoms with Crippen LogP contribution in [0.1, 0.15) is 6.92 Å². The Hall–Kier alpha value is -0.980. The van der Waals surface area contributed by atoms with E-state index in [-0.39, 0.29) is 24.4 Å². The molecule has 6 nitrogen and oxygen atoms in total. The van der Waals surface area contributed by atoms with Gasteiger partial charge in [-0.3, -0.25) is 19.8 Å². The SMILES string of the molecule is CC1C(=O)NC(=O)CN1CCON. The van der Waals surface area contributed by atoms with Crippen LogP contribution in [-0.4, -0.2) is 42.5 Å². The van der Waals surface area contributed by atoms with E-state index >= 15 is 0 Å². The van der Waals surface area contributed by atoms with Crippen molar-refractivity contribution in [1.82, 2.24) is 10.2 Å². The van der Waals surface area contributed by atoms with Crippen molar-refractivity contribution in [2.75, 3.05) is 19.7 Å². The van der Waals surface area contributed by atoms with Gasteiger partial charge in [0.25, 0.3) is 0 Å². The summed E-state index contributed by atoms with van der Waals surface area (Å²) in [4.78, 5) is 28.2. The van der Waals surface area contributed by atoms with E-state index in [1.54, 1.807) is 11.8 Å². The summed E-state index contributed by atoms with van der Waals surface area (Å²) in [5.41, 5.74) is 0. The zero-order chi connectivity index (χ0) is 9.84. The molecule has 1 heterocycles. The molecule has 74 valence electrons. The second-order valence-electron chi connectivity index (χ2n) is 2.93. The molecule has 1 unspecified atom stereocenters. The minimum absolute atomic E-state index is 0.219. The molecule has 13 heavy (non-hydrogen) atoms. The number of piperazine rings is 1. The molecule has 2 amide bonds. The van der Waals surface area contributed by atoms with Crippen molar-refractivity contribution in [3.8, 4) is 0 Å². The monoisotopic (exact) mass is 187 g/mol. The maximum Gasteiger partial charge on any atom is 0.243 e. The minimum Gasteiger partial charge on any atom is -0.303 e. The highest BCUT2D eigenvalue weighted by Gasteiger charge is 2.29. The Morgan fingerprint density at radius 1 is 1.69 bits per heavy atom. The molecule has 6 heteroatoms. The molecule has 0 bridgehead atoms. The van der Waals surface area contributed by atoms with Gasteiger partial charge in [-0.1, -0.05) is 0 Å². The molecule has 1 aliphatic heterocycles. The molecule has 3 N–H and O–H groups in total. The Balaban J connectivity index is 2.50. The Morgan fingerprint density at radius 2 is 2.38 bits per heavy atom. The highest BCUT2D eigenvalue weighted by atomic mass is 16.6. The van der Waals surface area contributed by atoms with Crippen LogP contribution in [0.15, 0.2) is 0 Å². The first-order valence-electron chi connectivity index (χ1n) is 4.04. The van der Waals surface area contributed by atoms with Crippen LogP contribution in [0.5, 0.6) is 0 Å². The van der Waals surface area contributed by atoms with Crippen molar-refractivity contribution >= 4 is 11.8 Å². The van der Waals surface area contributed by atoms with Gasteiger partial charge in [0, 0.05) is 6.54 Å². The highest BCUT2D eigenvalue weighted by molar-refractivity contribution is 6.00. The fraction of sp³-hybridized carbons (Fsp3) is 0.714. The van der Waals surface area contributed by atoms with Gasteiger partial charge in [0.1, 0.15) is 0 Å². The number of amides is 2. The van der Waals surface area contributed by atoms with Crippen molar-refractivity contribution in [2.24, 2.45) is 5.90 Å². The Kier molecular flexibility index (Phi) is 3.35. The lowest BCUT2D eigenvalue weighted by Crippen LogP contribution is -2.57. The topological polar surface area (TPSA) is 84.7 Å². The van der Waals surface area contributed by atoms with E-state index in [0.717, 1.165) is 0 Å². The molecule has 0 aromatic heterocycles. The molecule has 0 spiro atoms. The van der Waals surface area contributed by atoms with Crippen LogP contribution in [0, 0.1) is 0 Å². The van der Waals surface area contributed by atoms with Crippen molar-refractivity contribution in [1.29, 1.82) is 0 Å². The fourth-order valence-electron chi connectivity index (χ4n) is 1.21. The van der Waals surface area contributed by atoms with E-state index in [9.17, 15) is 9.59 Å². The summed E-state index contributed by atoms with van der Waals surface area (Å²) in [5, 5.41) is 2.24. The molecule has 0 aliphatic carbocycles. The number of carbonyl (C=O) groups excluding carboxylic acids is 2. The zero-order valence-corrected chi connectivity index (χ0v) is 7.45. The quantitative estimate of drug-likeness (QED) is 0.403. The largest absolute Gasteiger partial charge is 0.303 e. The Morgan fingerprint density at radius 3 is 3.00 bits per heavy atom. The van der Waals surface area contributed by atoms with Crippen molar-refractivity contribution in [3.05, 3.63) is 0 Å². The van der Waals surface area contributed by atoms with Gasteiger partial charge in [-0.2, -0.15) is 0 Å². The highest BCUT2D eigenvalue weighted by Crippen LogP contribution is 2.03. The average molecular weight is 187 g/mol. The number of carbonyl (C=O) groups is 2. The number of hydrogen-bond donors (Lipinski definition) is 2. The van der Waals surface area contributed by atoms with Crippen LogP contribution in [0.2, 0.25) is 0 Å². The third kappa shape index (κ3) is 2.48. The van der Waals surface area contributed by atoms with Gasteiger partial charge in [0.2, 0.25) is 11.8 Å². The summed E-state index contributed by atoms with van der Waals surface area (Å²) in [6.45, 7) is 2.75. The minimum atomic E-state index is -0.298. The van der Waals surface area contributed by atoms with E-state index in [4.69, 9.17) is 5.90 Å². The third-order valence-electron chi connectivity index (χ3n) is 2.03. The van der Waals surface area contributed by atoms with Crippen LogP contribution in [0.3, 0.4) is 0 Å². The number of imide groups is 1. The van der Waals surface area contributed by atoms with E-state index in [1.807, 2.05) is 0 Å². The molecular weight excluding hydrogens is 174 g/mol. The fourth-order valence-corrected chi connectivity index (χ4v) is 1.21. The first-order chi connectivity index (χ1) is 6.15. The van der Waals surface area contributed by atoms with Gasteiger partial charge in [0.15, 0.2) is 0 Å². The van der Waals surface area contributed by atoms with E-state index in [2.05, 4.69) is 10.2 Å². The summed E-state index contributed by atoms with van der Waals surface area (Å²) in [5.74, 6) is 4.30. The molecule has 1 rings (SSSR count). The maximum atomic E-state index is 11.1. The van der Waals surface area contributed by atoms with Gasteiger partial charge >= 0.3 is 0 Å². The normalized spacial score (nSPS) is 24.6. The molecule has 1 aliphatic rings. The third-order valence-corrected chi connectivity index (χ3v) is 2.03. The summed E-state index contributed by atoms with van der Waals surface area (Å²) in [7, 11) is 0. The number of hydrogen-bond acceptors (Lipinski definition) is 5. The maximum absolute atomic E-state index is 11.1. The number of nitrogens with one attached hydrogen (secondary N) is 1. The van der Waals surface area contributed by atoms with Gasteiger partial charge in [-0.25, -0.2) is 5.90 Å². The number of nitrogens with two attached hydrogens (primary N) is 1. The Bertz CT molecular complexity index is 219. The summed E-state index contributed by atoms with van der Waals surface area (Å²) < 4.78 is 0. The number of nitrogens with zero attached hydrogens (tertiary/aromatic N) is 1. The van der Waals surface area contributed by atoms with Gasteiger partial charge in [-0.05, 0) is 6.92 Å². The van der Waals surface area contributed by atoms with Crippen molar-refractivity contribution in [2.45, 2.75) is 13.0 Å². The summed E-state index contributed by atoms with van der Waals surface area (Å²) >= 11 is 0. The van der Waals surface area contributed by atoms with E-state index < -0.39 is 0 Å². The molecule has 1 fully saturated rings. The first-order valence-corrected chi connectivity index (χ1v) is 4.04. The lowest BCUT2D eigenvalue weighted by atomic mass is 10.2. The predicted octanol–water partition coefficient (Wildman–Crippen LogP) is -1.78. The standard InChI is InChI=1S/C7H13N3O3/c1-5-7(12)9-6(11)4-10(5)2-3-13-8/h5H,2-4,8H2,1H3,(H,9,11,12). The Labute approximate surface area is 76.0 Å². The van der Waals surface area contributed by atoms with E-state index in [1.165, 1.54) is 0 Å². The molecular formula is C7H13N3O3. The van der Waals surface area contributed by atoms with Crippen LogP contribution < -0.4 is 11.2 Å². The molecule has 0 aromatic carbocycles.